The Kier molecular flexibility index (Phi) is 4.74. The van der Waals surface area contributed by atoms with Crippen molar-refractivity contribution in [3.63, 3.8) is 0 Å². The van der Waals surface area contributed by atoms with E-state index in [0.717, 1.165) is 12.8 Å². The van der Waals surface area contributed by atoms with Gasteiger partial charge in [-0.25, -0.2) is 4.39 Å². The summed E-state index contributed by atoms with van der Waals surface area (Å²) in [5, 5.41) is 5.97. The van der Waals surface area contributed by atoms with E-state index < -0.39 is 0 Å². The predicted octanol–water partition coefficient (Wildman–Crippen LogP) is 1.59. The minimum Gasteiger partial charge on any atom is -0.494 e. The first-order valence-electron chi connectivity index (χ1n) is 6.52. The van der Waals surface area contributed by atoms with Gasteiger partial charge in [0.25, 0.3) is 0 Å². The molecule has 1 aromatic rings. The minimum atomic E-state index is -0.347. The first-order valence-corrected chi connectivity index (χ1v) is 6.52. The summed E-state index contributed by atoms with van der Waals surface area (Å²) in [5.41, 5.74) is 0.543. The molecule has 1 aliphatic carbocycles. The smallest absolute Gasteiger partial charge is 0.221 e. The Morgan fingerprint density at radius 2 is 2.26 bits per heavy atom. The number of amides is 1. The van der Waals surface area contributed by atoms with Crippen molar-refractivity contribution >= 4 is 5.91 Å². The number of benzene rings is 1. The number of carbonyl (C=O) groups is 1. The van der Waals surface area contributed by atoms with Crippen LogP contribution in [-0.2, 0) is 11.3 Å². The summed E-state index contributed by atoms with van der Waals surface area (Å²) in [6, 6.07) is 5.43. The van der Waals surface area contributed by atoms with E-state index in [1.807, 2.05) is 0 Å². The van der Waals surface area contributed by atoms with Crippen LogP contribution in [0.4, 0.5) is 4.39 Å². The number of hydrogen-bond acceptors (Lipinski definition) is 3. The fourth-order valence-corrected chi connectivity index (χ4v) is 1.80. The first-order chi connectivity index (χ1) is 9.20. The molecule has 0 spiro atoms. The second-order valence-corrected chi connectivity index (χ2v) is 4.70. The lowest BCUT2D eigenvalue weighted by Gasteiger charge is -2.08. The van der Waals surface area contributed by atoms with E-state index in [2.05, 4.69) is 10.6 Å². The van der Waals surface area contributed by atoms with Gasteiger partial charge in [-0.05, 0) is 18.9 Å². The Morgan fingerprint density at radius 3 is 2.95 bits per heavy atom. The highest BCUT2D eigenvalue weighted by molar-refractivity contribution is 5.76. The Bertz CT molecular complexity index is 447. The third-order valence-electron chi connectivity index (χ3n) is 3.05. The van der Waals surface area contributed by atoms with Gasteiger partial charge in [0, 0.05) is 31.1 Å². The largest absolute Gasteiger partial charge is 0.494 e. The Balaban J connectivity index is 1.71. The third kappa shape index (κ3) is 4.21. The fourth-order valence-electron chi connectivity index (χ4n) is 1.80. The predicted molar refractivity (Wildman–Crippen MR) is 70.4 cm³/mol. The van der Waals surface area contributed by atoms with Gasteiger partial charge < -0.3 is 15.4 Å². The van der Waals surface area contributed by atoms with Gasteiger partial charge >= 0.3 is 0 Å². The average Bonchev–Trinajstić information content (AvgIpc) is 3.20. The number of rotatable bonds is 7. The molecule has 1 saturated carbocycles. The second kappa shape index (κ2) is 6.52. The average molecular weight is 266 g/mol. The van der Waals surface area contributed by atoms with Crippen molar-refractivity contribution in [2.45, 2.75) is 31.8 Å². The van der Waals surface area contributed by atoms with Gasteiger partial charge in [0.05, 0.1) is 7.11 Å². The van der Waals surface area contributed by atoms with E-state index in [9.17, 15) is 9.18 Å². The van der Waals surface area contributed by atoms with E-state index in [0.29, 0.717) is 31.1 Å². The topological polar surface area (TPSA) is 50.4 Å². The summed E-state index contributed by atoms with van der Waals surface area (Å²) >= 11 is 0. The molecular formula is C14H19FN2O2. The number of ether oxygens (including phenoxy) is 1. The molecule has 0 saturated heterocycles. The fraction of sp³-hybridized carbons (Fsp3) is 0.500. The standard InChI is InChI=1S/C14H19FN2O2/c1-19-12-4-2-3-10(14(12)15)9-16-8-7-13(18)17-11-5-6-11/h2-4,11,16H,5-9H2,1H3,(H,17,18). The molecule has 0 unspecified atom stereocenters. The van der Waals surface area contributed by atoms with Crippen LogP contribution in [-0.4, -0.2) is 25.6 Å². The van der Waals surface area contributed by atoms with Gasteiger partial charge in [0.2, 0.25) is 5.91 Å². The highest BCUT2D eigenvalue weighted by Gasteiger charge is 2.22. The number of methoxy groups -OCH3 is 1. The lowest BCUT2D eigenvalue weighted by atomic mass is 10.2. The van der Waals surface area contributed by atoms with Crippen LogP contribution in [0.3, 0.4) is 0 Å². The molecule has 1 amide bonds. The number of nitrogens with one attached hydrogen (secondary N) is 2. The molecule has 1 fully saturated rings. The summed E-state index contributed by atoms with van der Waals surface area (Å²) in [6.07, 6.45) is 2.60. The van der Waals surface area contributed by atoms with E-state index in [-0.39, 0.29) is 17.5 Å². The molecule has 0 bridgehead atoms. The third-order valence-corrected chi connectivity index (χ3v) is 3.05. The number of hydrogen-bond donors (Lipinski definition) is 2. The highest BCUT2D eigenvalue weighted by atomic mass is 19.1. The zero-order chi connectivity index (χ0) is 13.7. The van der Waals surface area contributed by atoms with Gasteiger partial charge in [-0.3, -0.25) is 4.79 Å². The van der Waals surface area contributed by atoms with Crippen molar-refractivity contribution in [2.24, 2.45) is 0 Å². The van der Waals surface area contributed by atoms with Crippen molar-refractivity contribution < 1.29 is 13.9 Å². The Labute approximate surface area is 112 Å². The summed E-state index contributed by atoms with van der Waals surface area (Å²) in [5.74, 6) is -0.0492. The van der Waals surface area contributed by atoms with E-state index in [1.165, 1.54) is 7.11 Å². The molecular weight excluding hydrogens is 247 g/mol. The molecule has 0 heterocycles. The zero-order valence-electron chi connectivity index (χ0n) is 11.0. The van der Waals surface area contributed by atoms with Gasteiger partial charge in [-0.2, -0.15) is 0 Å². The van der Waals surface area contributed by atoms with E-state index in [1.54, 1.807) is 18.2 Å². The van der Waals surface area contributed by atoms with Crippen molar-refractivity contribution in [3.05, 3.63) is 29.6 Å². The maximum atomic E-state index is 13.8. The molecule has 0 aliphatic heterocycles. The van der Waals surface area contributed by atoms with E-state index in [4.69, 9.17) is 4.74 Å². The summed E-state index contributed by atoms with van der Waals surface area (Å²) in [6.45, 7) is 0.926. The van der Waals surface area contributed by atoms with Gasteiger partial charge in [-0.1, -0.05) is 12.1 Å². The van der Waals surface area contributed by atoms with Crippen LogP contribution in [0.1, 0.15) is 24.8 Å². The molecule has 2 N–H and O–H groups in total. The SMILES string of the molecule is COc1cccc(CNCCC(=O)NC2CC2)c1F. The molecule has 104 valence electrons. The summed E-state index contributed by atoms with van der Waals surface area (Å²) in [7, 11) is 1.44. The maximum absolute atomic E-state index is 13.8. The number of carbonyl (C=O) groups excluding carboxylic acids is 1. The lowest BCUT2D eigenvalue weighted by molar-refractivity contribution is -0.121. The quantitative estimate of drug-likeness (QED) is 0.737. The monoisotopic (exact) mass is 266 g/mol. The Hall–Kier alpha value is -1.62. The summed E-state index contributed by atoms with van der Waals surface area (Å²) in [4.78, 5) is 11.4. The van der Waals surface area contributed by atoms with Crippen molar-refractivity contribution in [1.82, 2.24) is 10.6 Å². The zero-order valence-corrected chi connectivity index (χ0v) is 11.0. The molecule has 4 nitrogen and oxygen atoms in total. The van der Waals surface area contributed by atoms with Crippen LogP contribution in [0.25, 0.3) is 0 Å². The molecule has 19 heavy (non-hydrogen) atoms. The van der Waals surface area contributed by atoms with E-state index >= 15 is 0 Å². The van der Waals surface area contributed by atoms with Crippen LogP contribution in [0, 0.1) is 5.82 Å². The Morgan fingerprint density at radius 1 is 1.47 bits per heavy atom. The summed E-state index contributed by atoms with van der Waals surface area (Å²) < 4.78 is 18.7. The maximum Gasteiger partial charge on any atom is 0.221 e. The van der Waals surface area contributed by atoms with Crippen LogP contribution >= 0.6 is 0 Å². The molecule has 1 aromatic carbocycles. The van der Waals surface area contributed by atoms with Crippen molar-refractivity contribution in [2.75, 3.05) is 13.7 Å². The molecule has 0 aromatic heterocycles. The van der Waals surface area contributed by atoms with Gasteiger partial charge in [0.15, 0.2) is 11.6 Å². The molecule has 0 atom stereocenters. The first kappa shape index (κ1) is 13.8. The number of halogens is 1. The van der Waals surface area contributed by atoms with Crippen molar-refractivity contribution in [3.8, 4) is 5.75 Å². The van der Waals surface area contributed by atoms with Gasteiger partial charge in [-0.15, -0.1) is 0 Å². The van der Waals surface area contributed by atoms with Crippen LogP contribution in [0.5, 0.6) is 5.75 Å². The molecule has 1 aliphatic rings. The van der Waals surface area contributed by atoms with Gasteiger partial charge in [0.1, 0.15) is 0 Å². The van der Waals surface area contributed by atoms with Crippen LogP contribution in [0.15, 0.2) is 18.2 Å². The highest BCUT2D eigenvalue weighted by Crippen LogP contribution is 2.20. The minimum absolute atomic E-state index is 0.0566. The van der Waals surface area contributed by atoms with Crippen molar-refractivity contribution in [1.29, 1.82) is 0 Å². The normalized spacial score (nSPS) is 14.2. The molecule has 5 heteroatoms. The lowest BCUT2D eigenvalue weighted by Crippen LogP contribution is -2.29. The van der Waals surface area contributed by atoms with Crippen LogP contribution < -0.4 is 15.4 Å². The molecule has 0 radical (unpaired) electrons. The molecule has 2 rings (SSSR count). The van der Waals surface area contributed by atoms with Crippen LogP contribution in [0.2, 0.25) is 0 Å². The second-order valence-electron chi connectivity index (χ2n) is 4.70.